The molecule has 29 heteroatoms. The molecule has 0 spiro atoms. The zero-order chi connectivity index (χ0) is 87.4. The molecule has 6 amide bonds. The summed E-state index contributed by atoms with van der Waals surface area (Å²) in [6.45, 7) is 19.3. The van der Waals surface area contributed by atoms with Crippen LogP contribution >= 0.6 is 0 Å². The molecule has 0 radical (unpaired) electrons. The highest BCUT2D eigenvalue weighted by Crippen LogP contribution is 2.24. The first kappa shape index (κ1) is 93.6. The second kappa shape index (κ2) is 49.5. The maximum absolute atomic E-state index is 13.0. The van der Waals surface area contributed by atoms with Crippen molar-refractivity contribution in [1.29, 1.82) is 0 Å². The van der Waals surface area contributed by atoms with Gasteiger partial charge in [-0.15, -0.1) is 0 Å². The molecule has 0 aliphatic rings. The van der Waals surface area contributed by atoms with E-state index in [0.29, 0.717) is 70.0 Å². The lowest BCUT2D eigenvalue weighted by Crippen LogP contribution is -2.35. The number of H-pyrrole nitrogens is 4. The number of rotatable bonds is 27. The molecule has 29 nitrogen and oxygen atoms in total. The normalized spacial score (nSPS) is 11.0. The molecule has 0 aliphatic heterocycles. The average molecular weight is 1640 g/mol. The Morgan fingerprint density at radius 3 is 0.967 bits per heavy atom. The number of nitrogens with one attached hydrogen (secondary N) is 8. The van der Waals surface area contributed by atoms with E-state index in [0.717, 1.165) is 103 Å². The van der Waals surface area contributed by atoms with Gasteiger partial charge in [-0.05, 0) is 171 Å². The van der Waals surface area contributed by atoms with E-state index in [1.807, 2.05) is 260 Å². The lowest BCUT2D eigenvalue weighted by molar-refractivity contribution is -0.156. The molecule has 0 bridgehead atoms. The molecule has 0 saturated heterocycles. The van der Waals surface area contributed by atoms with Crippen molar-refractivity contribution in [3.63, 3.8) is 0 Å². The van der Waals surface area contributed by atoms with E-state index >= 15 is 0 Å². The van der Waals surface area contributed by atoms with Gasteiger partial charge >= 0.3 is 30.1 Å². The molecule has 0 unspecified atom stereocenters. The number of hydrogen-bond donors (Lipinski definition) is 10. The van der Waals surface area contributed by atoms with Gasteiger partial charge in [-0.2, -0.15) is 20.4 Å². The minimum absolute atomic E-state index is 0.0714. The van der Waals surface area contributed by atoms with Gasteiger partial charge in [-0.1, -0.05) is 146 Å². The zero-order valence-electron chi connectivity index (χ0n) is 69.4. The number of hydrogen-bond acceptors (Lipinski definition) is 18. The molecule has 11 N–H and O–H groups in total. The van der Waals surface area contributed by atoms with E-state index in [2.05, 4.69) is 66.8 Å². The van der Waals surface area contributed by atoms with Gasteiger partial charge < -0.3 is 61.0 Å². The summed E-state index contributed by atoms with van der Waals surface area (Å²) >= 11 is 0. The largest absolute Gasteiger partial charge is 0.478 e. The number of aliphatic carboxylic acids is 1. The van der Waals surface area contributed by atoms with Gasteiger partial charge in [0, 0.05) is 135 Å². The van der Waals surface area contributed by atoms with Gasteiger partial charge in [0.15, 0.2) is 0 Å². The predicted octanol–water partition coefficient (Wildman–Crippen LogP) is 15.4. The topological polar surface area (TPSA) is 400 Å². The SMILES string of the molecule is CC(=O)NCCCN(C(=O)/C=C/c1n[nH]c2ccccc12)c1ccccc1.CC(=O)OC(C)=O.CC(C)(C)OC(=O)NCCCN(C(=O)/C=C/c1n[nH]c2ccccc12)c1ccccc1.CC(C)(C)OC(=O)NCCCNc1ccccc1.NCCCN(C(=O)/C=C/c1n[nH]c2ccccc12)c1ccccc1.O=C(O)/C=C/c1n[nH]c2ccccc12. The van der Waals surface area contributed by atoms with Gasteiger partial charge in [0.1, 0.15) is 11.2 Å². The highest BCUT2D eigenvalue weighted by molar-refractivity contribution is 6.07. The lowest BCUT2D eigenvalue weighted by Gasteiger charge is -2.22. The third kappa shape index (κ3) is 34.2. The van der Waals surface area contributed by atoms with Gasteiger partial charge in [0.25, 0.3) is 17.7 Å². The maximum Gasteiger partial charge on any atom is 0.407 e. The summed E-state index contributed by atoms with van der Waals surface area (Å²) in [5, 5.41) is 52.3. The van der Waals surface area contributed by atoms with Gasteiger partial charge in [0.2, 0.25) is 5.91 Å². The summed E-state index contributed by atoms with van der Waals surface area (Å²) in [5.74, 6) is -2.54. The average Bonchev–Trinajstić information content (AvgIpc) is 1.86. The number of nitrogens with two attached hydrogens (primary N) is 1. The fourth-order valence-electron chi connectivity index (χ4n) is 11.3. The number of carboxylic acid groups (broad SMARTS) is 1. The summed E-state index contributed by atoms with van der Waals surface area (Å²) in [6.07, 6.45) is 14.4. The molecule has 632 valence electrons. The smallest absolute Gasteiger partial charge is 0.407 e. The Morgan fingerprint density at radius 1 is 0.380 bits per heavy atom. The molecular formula is C92H106N16O13. The number of ether oxygens (including phenoxy) is 3. The summed E-state index contributed by atoms with van der Waals surface area (Å²) < 4.78 is 14.3. The van der Waals surface area contributed by atoms with Crippen molar-refractivity contribution in [3.05, 3.63) is 265 Å². The van der Waals surface area contributed by atoms with Gasteiger partial charge in [-0.25, -0.2) is 14.4 Å². The minimum atomic E-state index is -0.975. The Morgan fingerprint density at radius 2 is 0.669 bits per heavy atom. The van der Waals surface area contributed by atoms with E-state index < -0.39 is 35.2 Å². The molecule has 0 aliphatic carbocycles. The summed E-state index contributed by atoms with van der Waals surface area (Å²) in [5.41, 5.74) is 14.7. The summed E-state index contributed by atoms with van der Waals surface area (Å²) in [6, 6.07) is 69.5. The Labute approximate surface area is 702 Å². The standard InChI is InChI=1S/C24H28N4O3.C21H22N4O2.C19H20N4O.C14H22N2O2.C10H8N2O2.C4H6O3/c1-24(2,3)31-23(30)25-16-9-17-28(18-10-5-4-6-11-18)22(29)15-14-21-19-12-7-8-13-20(19)26-27-21;1-16(26)22-14-7-15-25(17-8-3-2-4-9-17)21(27)13-12-20-18-10-5-6-11-19(18)23-24-20;20-13-6-14-23(15-7-2-1-3-8-15)19(24)12-11-18-16-9-4-5-10-17(16)21-22-18;1-14(2,3)18-13(17)16-11-7-10-15-12-8-5-4-6-9-12;13-10(14)6-5-9-7-3-1-2-4-8(7)11-12-9;1-3(5)7-4(2)6/h4-8,10-15H,9,16-17H2,1-3H3,(H,25,30)(H,26,27);2-6,8-13H,7,14-15H2,1H3,(H,22,26)(H,23,24);1-5,7-12H,6,13-14,20H2,(H,21,22);4-6,8-9,15H,7,10-11H2,1-3H3,(H,16,17);1-6H,(H,11,12)(H,13,14);1-2H3/b15-14+;13-12+;12-11+;;6-5+;. The van der Waals surface area contributed by atoms with Crippen LogP contribution in [0.4, 0.5) is 32.3 Å². The zero-order valence-corrected chi connectivity index (χ0v) is 69.4. The first-order valence-electron chi connectivity index (χ1n) is 39.3. The van der Waals surface area contributed by atoms with Crippen LogP contribution in [0.15, 0.2) is 243 Å². The third-order valence-corrected chi connectivity index (χ3v) is 16.7. The second-order valence-corrected chi connectivity index (χ2v) is 28.7. The number of carboxylic acids is 1. The number of aromatic amines is 4. The Bertz CT molecular complexity index is 5390. The molecule has 4 heterocycles. The number of amides is 6. The van der Waals surface area contributed by atoms with E-state index in [9.17, 15) is 43.2 Å². The number of anilines is 4. The van der Waals surface area contributed by atoms with E-state index in [-0.39, 0.29) is 29.7 Å². The number of carbonyl (C=O) groups excluding carboxylic acids is 8. The molecule has 0 fully saturated rings. The lowest BCUT2D eigenvalue weighted by atomic mass is 10.2. The first-order valence-corrected chi connectivity index (χ1v) is 39.3. The molecule has 12 rings (SSSR count). The van der Waals surface area contributed by atoms with Crippen LogP contribution in [0.25, 0.3) is 67.9 Å². The van der Waals surface area contributed by atoms with Crippen molar-refractivity contribution in [3.8, 4) is 0 Å². The van der Waals surface area contributed by atoms with Crippen LogP contribution in [0.2, 0.25) is 0 Å². The van der Waals surface area contributed by atoms with E-state index in [4.69, 9.17) is 20.3 Å². The number of carbonyl (C=O) groups is 9. The highest BCUT2D eigenvalue weighted by Gasteiger charge is 2.20. The number of para-hydroxylation sites is 8. The fourth-order valence-corrected chi connectivity index (χ4v) is 11.3. The molecule has 0 saturated carbocycles. The van der Waals surface area contributed by atoms with Crippen LogP contribution in [0, 0.1) is 0 Å². The van der Waals surface area contributed by atoms with Crippen molar-refractivity contribution in [1.82, 2.24) is 56.7 Å². The minimum Gasteiger partial charge on any atom is -0.478 e. The number of alkyl carbamates (subject to hydrolysis) is 2. The van der Waals surface area contributed by atoms with Crippen LogP contribution < -0.4 is 41.7 Å². The number of benzene rings is 8. The van der Waals surface area contributed by atoms with Crippen molar-refractivity contribution < 1.29 is 62.5 Å². The summed E-state index contributed by atoms with van der Waals surface area (Å²) in [4.78, 5) is 108. The highest BCUT2D eigenvalue weighted by atomic mass is 16.6. The number of aromatic nitrogens is 8. The molecule has 121 heavy (non-hydrogen) atoms. The third-order valence-electron chi connectivity index (χ3n) is 16.7. The molecule has 0 atom stereocenters. The second-order valence-electron chi connectivity index (χ2n) is 28.7. The number of esters is 2. The Hall–Kier alpha value is -14.6. The first-order chi connectivity index (χ1) is 58.1. The van der Waals surface area contributed by atoms with Crippen LogP contribution in [-0.2, 0) is 47.8 Å². The van der Waals surface area contributed by atoms with E-state index in [1.54, 1.807) is 39.0 Å². The van der Waals surface area contributed by atoms with Crippen molar-refractivity contribution >= 4 is 144 Å². The van der Waals surface area contributed by atoms with Crippen molar-refractivity contribution in [2.75, 3.05) is 72.4 Å². The molecule has 12 aromatic rings. The van der Waals surface area contributed by atoms with Crippen LogP contribution in [-0.4, -0.2) is 163 Å². The van der Waals surface area contributed by atoms with E-state index in [1.165, 1.54) is 39.0 Å². The monoisotopic (exact) mass is 1640 g/mol. The quantitative estimate of drug-likeness (QED) is 0.00751. The van der Waals surface area contributed by atoms with Crippen molar-refractivity contribution in [2.45, 2.75) is 99.2 Å². The number of nitrogens with zero attached hydrogens (tertiary/aromatic N) is 7. The molecular weight excluding hydrogens is 1540 g/mol. The maximum atomic E-state index is 13.0. The van der Waals surface area contributed by atoms with Crippen LogP contribution in [0.5, 0.6) is 0 Å². The van der Waals surface area contributed by atoms with Crippen LogP contribution in [0.1, 0.15) is 111 Å². The Kier molecular flexibility index (Phi) is 38.2. The Balaban J connectivity index is 0.000000208. The van der Waals surface area contributed by atoms with Gasteiger partial charge in [0.05, 0.1) is 44.8 Å². The molecule has 8 aromatic carbocycles. The van der Waals surface area contributed by atoms with Crippen LogP contribution in [0.3, 0.4) is 0 Å². The number of fused-ring (bicyclic) bond motifs is 4. The fraction of sp³-hybridized carbons (Fsp3) is 0.250. The molecule has 4 aromatic heterocycles. The summed E-state index contributed by atoms with van der Waals surface area (Å²) in [7, 11) is 0. The van der Waals surface area contributed by atoms with Gasteiger partial charge in [-0.3, -0.25) is 49.2 Å². The van der Waals surface area contributed by atoms with Crippen molar-refractivity contribution in [2.24, 2.45) is 5.73 Å². The predicted molar refractivity (Wildman–Crippen MR) is 477 cm³/mol.